The summed E-state index contributed by atoms with van der Waals surface area (Å²) < 4.78 is 32.9. The van der Waals surface area contributed by atoms with Gasteiger partial charge in [-0.2, -0.15) is 0 Å². The molecule has 5 nitrogen and oxygen atoms in total. The van der Waals surface area contributed by atoms with Crippen LogP contribution in [0.25, 0.3) is 0 Å². The van der Waals surface area contributed by atoms with Gasteiger partial charge in [-0.15, -0.1) is 0 Å². The van der Waals surface area contributed by atoms with Crippen molar-refractivity contribution in [2.75, 3.05) is 6.54 Å². The lowest BCUT2D eigenvalue weighted by atomic mass is 10.2. The van der Waals surface area contributed by atoms with Gasteiger partial charge in [-0.3, -0.25) is 0 Å². The van der Waals surface area contributed by atoms with Crippen molar-refractivity contribution in [2.24, 2.45) is 5.92 Å². The second-order valence-electron chi connectivity index (χ2n) is 4.88. The van der Waals surface area contributed by atoms with Crippen molar-refractivity contribution in [3.05, 3.63) is 16.5 Å². The highest BCUT2D eigenvalue weighted by atomic mass is 79.9. The molecule has 0 radical (unpaired) electrons. The summed E-state index contributed by atoms with van der Waals surface area (Å²) in [5.41, 5.74) is 0. The van der Waals surface area contributed by atoms with Crippen molar-refractivity contribution in [1.82, 2.24) is 10.0 Å². The Labute approximate surface area is 122 Å². The van der Waals surface area contributed by atoms with Crippen LogP contribution in [0.4, 0.5) is 0 Å². The zero-order valence-electron chi connectivity index (χ0n) is 11.1. The van der Waals surface area contributed by atoms with Crippen LogP contribution in [-0.2, 0) is 16.6 Å². The van der Waals surface area contributed by atoms with Gasteiger partial charge in [0.05, 0.1) is 6.54 Å². The van der Waals surface area contributed by atoms with E-state index < -0.39 is 10.0 Å². The van der Waals surface area contributed by atoms with E-state index in [0.29, 0.717) is 18.2 Å². The van der Waals surface area contributed by atoms with Crippen LogP contribution in [-0.4, -0.2) is 21.0 Å². The SMILES string of the molecule is CCNCc1cc(S(=O)(=O)NC(C)C2CC2)c(Br)o1. The number of hydrogen-bond donors (Lipinski definition) is 2. The zero-order chi connectivity index (χ0) is 14.0. The van der Waals surface area contributed by atoms with Gasteiger partial charge in [0, 0.05) is 12.1 Å². The minimum atomic E-state index is -3.52. The maximum atomic E-state index is 12.3. The molecule has 0 spiro atoms. The number of nitrogens with one attached hydrogen (secondary N) is 2. The van der Waals surface area contributed by atoms with E-state index in [1.54, 1.807) is 6.07 Å². The third-order valence-electron chi connectivity index (χ3n) is 3.22. The molecule has 0 bridgehead atoms. The molecule has 1 fully saturated rings. The maximum Gasteiger partial charge on any atom is 0.245 e. The molecule has 108 valence electrons. The quantitative estimate of drug-likeness (QED) is 0.790. The van der Waals surface area contributed by atoms with Gasteiger partial charge in [-0.1, -0.05) is 6.92 Å². The molecule has 19 heavy (non-hydrogen) atoms. The predicted molar refractivity (Wildman–Crippen MR) is 76.3 cm³/mol. The highest BCUT2D eigenvalue weighted by Gasteiger charge is 2.32. The molecule has 1 aliphatic rings. The second kappa shape index (κ2) is 5.95. The first-order valence-corrected chi connectivity index (χ1v) is 8.73. The van der Waals surface area contributed by atoms with Crippen molar-refractivity contribution < 1.29 is 12.8 Å². The molecule has 2 rings (SSSR count). The Bertz CT molecular complexity index is 537. The molecule has 1 aromatic heterocycles. The minimum absolute atomic E-state index is 0.0241. The average Bonchev–Trinajstić information content (AvgIpc) is 3.10. The zero-order valence-corrected chi connectivity index (χ0v) is 13.5. The lowest BCUT2D eigenvalue weighted by molar-refractivity contribution is 0.463. The third kappa shape index (κ3) is 3.81. The lowest BCUT2D eigenvalue weighted by Crippen LogP contribution is -2.34. The van der Waals surface area contributed by atoms with Crippen LogP contribution in [0.15, 0.2) is 20.0 Å². The van der Waals surface area contributed by atoms with Crippen LogP contribution < -0.4 is 10.0 Å². The Morgan fingerprint density at radius 1 is 1.53 bits per heavy atom. The largest absolute Gasteiger partial charge is 0.452 e. The summed E-state index contributed by atoms with van der Waals surface area (Å²) in [6.07, 6.45) is 2.20. The summed E-state index contributed by atoms with van der Waals surface area (Å²) >= 11 is 3.17. The maximum absolute atomic E-state index is 12.3. The third-order valence-corrected chi connectivity index (χ3v) is 5.63. The summed E-state index contributed by atoms with van der Waals surface area (Å²) in [5, 5.41) is 3.10. The van der Waals surface area contributed by atoms with E-state index in [9.17, 15) is 8.42 Å². The van der Waals surface area contributed by atoms with E-state index in [2.05, 4.69) is 26.0 Å². The highest BCUT2D eigenvalue weighted by Crippen LogP contribution is 2.34. The Morgan fingerprint density at radius 2 is 2.21 bits per heavy atom. The molecule has 0 saturated heterocycles. The van der Waals surface area contributed by atoms with Crippen molar-refractivity contribution in [3.8, 4) is 0 Å². The molecule has 0 aliphatic heterocycles. The van der Waals surface area contributed by atoms with Gasteiger partial charge in [0.25, 0.3) is 0 Å². The number of sulfonamides is 1. The molecule has 1 unspecified atom stereocenters. The highest BCUT2D eigenvalue weighted by molar-refractivity contribution is 9.10. The monoisotopic (exact) mass is 350 g/mol. The topological polar surface area (TPSA) is 71.3 Å². The smallest absolute Gasteiger partial charge is 0.245 e. The van der Waals surface area contributed by atoms with Gasteiger partial charge >= 0.3 is 0 Å². The number of rotatable bonds is 7. The minimum Gasteiger partial charge on any atom is -0.452 e. The fourth-order valence-electron chi connectivity index (χ4n) is 1.92. The Balaban J connectivity index is 2.12. The van der Waals surface area contributed by atoms with Crippen molar-refractivity contribution >= 4 is 26.0 Å². The second-order valence-corrected chi connectivity index (χ2v) is 7.28. The summed E-state index contributed by atoms with van der Waals surface area (Å²) in [4.78, 5) is 0.174. The number of hydrogen-bond acceptors (Lipinski definition) is 4. The Kier molecular flexibility index (Phi) is 4.70. The predicted octanol–water partition coefficient (Wildman–Crippen LogP) is 2.23. The summed E-state index contributed by atoms with van der Waals surface area (Å²) in [6.45, 7) is 5.21. The molecule has 1 saturated carbocycles. The molecular formula is C12H19BrN2O3S. The molecule has 1 heterocycles. The molecule has 0 amide bonds. The fourth-order valence-corrected chi connectivity index (χ4v) is 4.23. The fraction of sp³-hybridized carbons (Fsp3) is 0.667. The van der Waals surface area contributed by atoms with Gasteiger partial charge in [0.2, 0.25) is 10.0 Å². The number of furan rings is 1. The van der Waals surface area contributed by atoms with Crippen molar-refractivity contribution in [2.45, 2.75) is 44.2 Å². The first kappa shape index (κ1) is 15.0. The van der Waals surface area contributed by atoms with Crippen LogP contribution in [0.5, 0.6) is 0 Å². The first-order valence-electron chi connectivity index (χ1n) is 6.45. The van der Waals surface area contributed by atoms with Gasteiger partial charge in [0.15, 0.2) is 4.67 Å². The molecule has 1 aromatic rings. The summed E-state index contributed by atoms with van der Waals surface area (Å²) in [6, 6.07) is 1.54. The van der Waals surface area contributed by atoms with Crippen LogP contribution in [0.2, 0.25) is 0 Å². The lowest BCUT2D eigenvalue weighted by Gasteiger charge is -2.12. The first-order chi connectivity index (χ1) is 8.94. The average molecular weight is 351 g/mol. The van der Waals surface area contributed by atoms with Crippen molar-refractivity contribution in [3.63, 3.8) is 0 Å². The number of halogens is 1. The molecule has 1 atom stereocenters. The molecule has 0 aromatic carbocycles. The van der Waals surface area contributed by atoms with Crippen LogP contribution in [0.3, 0.4) is 0 Å². The van der Waals surface area contributed by atoms with E-state index in [1.165, 1.54) is 0 Å². The van der Waals surface area contributed by atoms with E-state index in [4.69, 9.17) is 4.42 Å². The van der Waals surface area contributed by atoms with E-state index in [-0.39, 0.29) is 15.6 Å². The standard InChI is InChI=1S/C12H19BrN2O3S/c1-3-14-7-10-6-11(12(13)18-10)19(16,17)15-8(2)9-4-5-9/h6,8-9,14-15H,3-5,7H2,1-2H3. The van der Waals surface area contributed by atoms with E-state index in [0.717, 1.165) is 19.4 Å². The van der Waals surface area contributed by atoms with Gasteiger partial charge in [0.1, 0.15) is 10.7 Å². The van der Waals surface area contributed by atoms with Crippen molar-refractivity contribution in [1.29, 1.82) is 0 Å². The molecule has 1 aliphatic carbocycles. The van der Waals surface area contributed by atoms with E-state index in [1.807, 2.05) is 13.8 Å². The van der Waals surface area contributed by atoms with Gasteiger partial charge in [-0.05, 0) is 48.2 Å². The Hall–Kier alpha value is -0.370. The van der Waals surface area contributed by atoms with E-state index >= 15 is 0 Å². The van der Waals surface area contributed by atoms with Gasteiger partial charge < -0.3 is 9.73 Å². The van der Waals surface area contributed by atoms with Crippen LogP contribution in [0, 0.1) is 5.92 Å². The summed E-state index contributed by atoms with van der Waals surface area (Å²) in [7, 11) is -3.52. The normalized spacial score (nSPS) is 17.6. The van der Waals surface area contributed by atoms with Gasteiger partial charge in [-0.25, -0.2) is 13.1 Å². The molecule has 7 heteroatoms. The van der Waals surface area contributed by atoms with Crippen LogP contribution in [0.1, 0.15) is 32.4 Å². The van der Waals surface area contributed by atoms with Crippen LogP contribution >= 0.6 is 15.9 Å². The Morgan fingerprint density at radius 3 is 2.79 bits per heavy atom. The summed E-state index contributed by atoms with van der Waals surface area (Å²) in [5.74, 6) is 1.08. The molecular weight excluding hydrogens is 332 g/mol. The molecule has 2 N–H and O–H groups in total.